The maximum absolute atomic E-state index is 5.52. The third-order valence-electron chi connectivity index (χ3n) is 3.04. The molecular weight excluding hydrogens is 280 g/mol. The summed E-state index contributed by atoms with van der Waals surface area (Å²) in [5.74, 6) is 0.944. The van der Waals surface area contributed by atoms with Gasteiger partial charge < -0.3 is 15.4 Å². The van der Waals surface area contributed by atoms with Gasteiger partial charge in [0.05, 0.1) is 12.8 Å². The van der Waals surface area contributed by atoms with E-state index < -0.39 is 0 Å². The van der Waals surface area contributed by atoms with Crippen LogP contribution in [0.5, 0.6) is 5.75 Å². The zero-order valence-electron chi connectivity index (χ0n) is 11.2. The molecule has 0 heterocycles. The summed E-state index contributed by atoms with van der Waals surface area (Å²) >= 11 is 3.64. The Balaban J connectivity index is 3.17. The summed E-state index contributed by atoms with van der Waals surface area (Å²) in [5, 5.41) is 6.55. The van der Waals surface area contributed by atoms with Gasteiger partial charge in [0, 0.05) is 17.6 Å². The van der Waals surface area contributed by atoms with Crippen molar-refractivity contribution in [3.63, 3.8) is 0 Å². The molecule has 1 rings (SSSR count). The molecule has 0 radical (unpaired) electrons. The first kappa shape index (κ1) is 14.3. The highest BCUT2D eigenvalue weighted by molar-refractivity contribution is 9.10. The van der Waals surface area contributed by atoms with E-state index in [-0.39, 0.29) is 0 Å². The lowest BCUT2D eigenvalue weighted by Crippen LogP contribution is -2.18. The summed E-state index contributed by atoms with van der Waals surface area (Å²) in [6, 6.07) is 0. The van der Waals surface area contributed by atoms with E-state index in [1.54, 1.807) is 7.11 Å². The molecule has 0 bridgehead atoms. The molecule has 2 N–H and O–H groups in total. The van der Waals surface area contributed by atoms with Gasteiger partial charge in [-0.1, -0.05) is 15.9 Å². The Morgan fingerprint density at radius 1 is 1.06 bits per heavy atom. The van der Waals surface area contributed by atoms with Crippen LogP contribution in [0.3, 0.4) is 0 Å². The lowest BCUT2D eigenvalue weighted by molar-refractivity contribution is 0.412. The molecule has 0 aliphatic carbocycles. The number of likely N-dealkylation sites (N-methyl/N-ethyl adjacent to an activating group) is 1. The van der Waals surface area contributed by atoms with Crippen LogP contribution in [0.4, 0.5) is 5.69 Å². The molecule has 0 saturated carbocycles. The van der Waals surface area contributed by atoms with Gasteiger partial charge in [-0.15, -0.1) is 0 Å². The maximum atomic E-state index is 5.52. The van der Waals surface area contributed by atoms with Crippen LogP contribution in [-0.2, 0) is 0 Å². The lowest BCUT2D eigenvalue weighted by atomic mass is 10.0. The van der Waals surface area contributed by atoms with E-state index in [1.807, 2.05) is 7.05 Å². The molecule has 0 spiro atoms. The van der Waals surface area contributed by atoms with Gasteiger partial charge >= 0.3 is 0 Å². The molecule has 0 fully saturated rings. The smallest absolute Gasteiger partial charge is 0.145 e. The first-order valence-corrected chi connectivity index (χ1v) is 6.55. The molecule has 96 valence electrons. The minimum atomic E-state index is 0.878. The van der Waals surface area contributed by atoms with Crippen molar-refractivity contribution in [1.29, 1.82) is 0 Å². The van der Waals surface area contributed by atoms with Gasteiger partial charge in [-0.2, -0.15) is 0 Å². The molecule has 0 atom stereocenters. The summed E-state index contributed by atoms with van der Waals surface area (Å²) in [7, 11) is 3.67. The summed E-state index contributed by atoms with van der Waals surface area (Å²) in [6.45, 7) is 8.09. The van der Waals surface area contributed by atoms with Crippen molar-refractivity contribution in [2.45, 2.75) is 20.8 Å². The molecule has 0 unspecified atom stereocenters. The lowest BCUT2D eigenvalue weighted by Gasteiger charge is -2.19. The average molecular weight is 301 g/mol. The van der Waals surface area contributed by atoms with Gasteiger partial charge in [0.15, 0.2) is 0 Å². The fraction of sp³-hybridized carbons (Fsp3) is 0.538. The number of anilines is 1. The normalized spacial score (nSPS) is 10.5. The highest BCUT2D eigenvalue weighted by atomic mass is 79.9. The highest BCUT2D eigenvalue weighted by Gasteiger charge is 2.16. The second-order valence-electron chi connectivity index (χ2n) is 4.13. The minimum Gasteiger partial charge on any atom is -0.494 e. The van der Waals surface area contributed by atoms with Gasteiger partial charge in [-0.3, -0.25) is 0 Å². The Bertz CT molecular complexity index is 405. The molecule has 3 nitrogen and oxygen atoms in total. The third-order valence-corrected chi connectivity index (χ3v) is 4.23. The number of hydrogen-bond donors (Lipinski definition) is 2. The molecule has 0 saturated heterocycles. The number of rotatable bonds is 5. The van der Waals surface area contributed by atoms with E-state index in [4.69, 9.17) is 4.74 Å². The van der Waals surface area contributed by atoms with E-state index in [9.17, 15) is 0 Å². The fourth-order valence-corrected chi connectivity index (χ4v) is 2.36. The van der Waals surface area contributed by atoms with Crippen molar-refractivity contribution in [3.8, 4) is 5.75 Å². The van der Waals surface area contributed by atoms with E-state index in [0.29, 0.717) is 0 Å². The second-order valence-corrected chi connectivity index (χ2v) is 4.92. The van der Waals surface area contributed by atoms with Crippen LogP contribution in [0.25, 0.3) is 0 Å². The van der Waals surface area contributed by atoms with Gasteiger partial charge in [-0.25, -0.2) is 0 Å². The van der Waals surface area contributed by atoms with Crippen molar-refractivity contribution < 1.29 is 4.74 Å². The van der Waals surface area contributed by atoms with Gasteiger partial charge in [0.1, 0.15) is 5.75 Å². The van der Waals surface area contributed by atoms with Crippen LogP contribution in [0, 0.1) is 20.8 Å². The number of methoxy groups -OCH3 is 1. The molecule has 4 heteroatoms. The number of benzene rings is 1. The van der Waals surface area contributed by atoms with E-state index >= 15 is 0 Å². The largest absolute Gasteiger partial charge is 0.494 e. The second kappa shape index (κ2) is 6.26. The summed E-state index contributed by atoms with van der Waals surface area (Å²) in [6.07, 6.45) is 0. The van der Waals surface area contributed by atoms with E-state index in [1.165, 1.54) is 16.7 Å². The Morgan fingerprint density at radius 3 is 2.24 bits per heavy atom. The number of nitrogens with one attached hydrogen (secondary N) is 2. The van der Waals surface area contributed by atoms with E-state index in [0.717, 1.165) is 29.0 Å². The van der Waals surface area contributed by atoms with Gasteiger partial charge in [0.25, 0.3) is 0 Å². The molecule has 0 aromatic heterocycles. The van der Waals surface area contributed by atoms with Crippen molar-refractivity contribution in [1.82, 2.24) is 5.32 Å². The number of halogens is 1. The molecule has 0 aliphatic rings. The topological polar surface area (TPSA) is 33.3 Å². The van der Waals surface area contributed by atoms with Gasteiger partial charge in [0.2, 0.25) is 0 Å². The van der Waals surface area contributed by atoms with Crippen LogP contribution in [0.2, 0.25) is 0 Å². The summed E-state index contributed by atoms with van der Waals surface area (Å²) in [4.78, 5) is 0. The summed E-state index contributed by atoms with van der Waals surface area (Å²) in [5.41, 5.74) is 4.69. The Kier molecular flexibility index (Phi) is 5.28. The predicted molar refractivity (Wildman–Crippen MR) is 77.3 cm³/mol. The first-order chi connectivity index (χ1) is 8.04. The molecule has 0 aliphatic heterocycles. The monoisotopic (exact) mass is 300 g/mol. The number of ether oxygens (including phenoxy) is 1. The first-order valence-electron chi connectivity index (χ1n) is 5.76. The quantitative estimate of drug-likeness (QED) is 0.820. The van der Waals surface area contributed by atoms with Gasteiger partial charge in [-0.05, 0) is 44.5 Å². The third kappa shape index (κ3) is 2.93. The van der Waals surface area contributed by atoms with Crippen LogP contribution in [0.1, 0.15) is 16.7 Å². The van der Waals surface area contributed by atoms with Crippen molar-refractivity contribution >= 4 is 21.6 Å². The molecule has 1 aromatic carbocycles. The summed E-state index contributed by atoms with van der Waals surface area (Å²) < 4.78 is 6.68. The molecule has 0 amide bonds. The van der Waals surface area contributed by atoms with Crippen molar-refractivity contribution in [2.75, 3.05) is 32.6 Å². The van der Waals surface area contributed by atoms with Crippen LogP contribution in [0.15, 0.2) is 4.47 Å². The molecular formula is C13H21BrN2O. The molecule has 17 heavy (non-hydrogen) atoms. The standard InChI is InChI=1S/C13H21BrN2O/c1-8-9(2)13(17-5)12(10(3)11(8)14)16-7-6-15-4/h15-16H,6-7H2,1-5H3. The Morgan fingerprint density at radius 2 is 1.71 bits per heavy atom. The highest BCUT2D eigenvalue weighted by Crippen LogP contribution is 2.39. The van der Waals surface area contributed by atoms with Crippen molar-refractivity contribution in [2.24, 2.45) is 0 Å². The zero-order valence-corrected chi connectivity index (χ0v) is 12.8. The van der Waals surface area contributed by atoms with E-state index in [2.05, 4.69) is 47.3 Å². The Labute approximate surface area is 112 Å². The minimum absolute atomic E-state index is 0.878. The molecule has 1 aromatic rings. The fourth-order valence-electron chi connectivity index (χ4n) is 1.86. The maximum Gasteiger partial charge on any atom is 0.145 e. The van der Waals surface area contributed by atoms with Crippen LogP contribution >= 0.6 is 15.9 Å². The SMILES string of the molecule is CNCCNc1c(C)c(Br)c(C)c(C)c1OC. The Hall–Kier alpha value is -0.740. The van der Waals surface area contributed by atoms with Crippen LogP contribution in [-0.4, -0.2) is 27.2 Å². The van der Waals surface area contributed by atoms with Crippen molar-refractivity contribution in [3.05, 3.63) is 21.2 Å². The predicted octanol–water partition coefficient (Wildman–Crippen LogP) is 3.01. The van der Waals surface area contributed by atoms with Crippen LogP contribution < -0.4 is 15.4 Å². The average Bonchev–Trinajstić information content (AvgIpc) is 2.33. The zero-order chi connectivity index (χ0) is 13.0. The number of hydrogen-bond acceptors (Lipinski definition) is 3.